The number of alkyl halides is 3. The Morgan fingerprint density at radius 1 is 1.12 bits per heavy atom. The minimum absolute atomic E-state index is 0.173. The molecule has 1 rings (SSSR count). The zero-order chi connectivity index (χ0) is 13.1. The quantitative estimate of drug-likeness (QED) is 0.890. The Bertz CT molecular complexity index is 352. The van der Waals surface area contributed by atoms with Crippen LogP contribution in [-0.4, -0.2) is 16.7 Å². The summed E-state index contributed by atoms with van der Waals surface area (Å²) in [5, 5.41) is 9.55. The van der Waals surface area contributed by atoms with Gasteiger partial charge in [0.25, 0.3) is 0 Å². The van der Waals surface area contributed by atoms with E-state index >= 15 is 0 Å². The summed E-state index contributed by atoms with van der Waals surface area (Å²) in [5.41, 5.74) is -0.800. The van der Waals surface area contributed by atoms with Crippen molar-refractivity contribution in [3.63, 3.8) is 0 Å². The normalized spacial score (nSPS) is 12.6. The molecule has 0 saturated carbocycles. The third-order valence-electron chi connectivity index (χ3n) is 2.14. The molecule has 0 unspecified atom stereocenters. The average Bonchev–Trinajstić information content (AvgIpc) is 2.15. The van der Waals surface area contributed by atoms with Crippen LogP contribution in [0.5, 0.6) is 0 Å². The Hall–Kier alpha value is -1.33. The minimum Gasteiger partial charge on any atom is -0.369 e. The lowest BCUT2D eigenvalue weighted by Crippen LogP contribution is -2.14. The van der Waals surface area contributed by atoms with E-state index in [2.05, 4.69) is 36.3 Å². The molecule has 0 atom stereocenters. The Balaban J connectivity index is 2.52. The number of aromatic nitrogens is 2. The van der Waals surface area contributed by atoms with Gasteiger partial charge < -0.3 is 5.32 Å². The molecule has 0 fully saturated rings. The van der Waals surface area contributed by atoms with Gasteiger partial charge >= 0.3 is 6.18 Å². The van der Waals surface area contributed by atoms with Crippen LogP contribution in [0.1, 0.15) is 32.9 Å². The maximum Gasteiger partial charge on any atom is 0.435 e. The maximum absolute atomic E-state index is 12.2. The van der Waals surface area contributed by atoms with E-state index in [9.17, 15) is 13.2 Å². The average molecular weight is 247 g/mol. The van der Waals surface area contributed by atoms with Crippen LogP contribution in [0.15, 0.2) is 12.1 Å². The predicted molar refractivity (Wildman–Crippen MR) is 59.6 cm³/mol. The van der Waals surface area contributed by atoms with E-state index in [0.717, 1.165) is 12.5 Å². The molecule has 1 aromatic rings. The van der Waals surface area contributed by atoms with E-state index in [1.807, 2.05) is 0 Å². The van der Waals surface area contributed by atoms with Crippen molar-refractivity contribution in [2.75, 3.05) is 11.9 Å². The molecule has 0 amide bonds. The molecule has 0 saturated heterocycles. The largest absolute Gasteiger partial charge is 0.435 e. The summed E-state index contributed by atoms with van der Waals surface area (Å²) in [4.78, 5) is 0. The second-order valence-corrected chi connectivity index (χ2v) is 5.04. The van der Waals surface area contributed by atoms with Crippen molar-refractivity contribution < 1.29 is 13.2 Å². The lowest BCUT2D eigenvalue weighted by molar-refractivity contribution is -0.141. The van der Waals surface area contributed by atoms with Gasteiger partial charge in [0.15, 0.2) is 5.69 Å². The second-order valence-electron chi connectivity index (χ2n) is 5.04. The number of hydrogen-bond donors (Lipinski definition) is 1. The summed E-state index contributed by atoms with van der Waals surface area (Å²) in [7, 11) is 0. The van der Waals surface area contributed by atoms with Crippen LogP contribution in [0.2, 0.25) is 0 Å². The molecule has 96 valence electrons. The van der Waals surface area contributed by atoms with Gasteiger partial charge in [-0.25, -0.2) is 0 Å². The van der Waals surface area contributed by atoms with Crippen molar-refractivity contribution in [1.29, 1.82) is 0 Å². The highest BCUT2D eigenvalue weighted by Gasteiger charge is 2.32. The fourth-order valence-electron chi connectivity index (χ4n) is 1.14. The lowest BCUT2D eigenvalue weighted by atomic mass is 9.92. The molecule has 1 heterocycles. The first-order valence-corrected chi connectivity index (χ1v) is 5.33. The van der Waals surface area contributed by atoms with E-state index in [1.54, 1.807) is 0 Å². The topological polar surface area (TPSA) is 37.8 Å². The molecule has 0 radical (unpaired) electrons. The van der Waals surface area contributed by atoms with Crippen LogP contribution in [0.25, 0.3) is 0 Å². The minimum atomic E-state index is -4.43. The SMILES string of the molecule is CC(C)(C)CCNc1ccc(C(F)(F)F)nn1. The summed E-state index contributed by atoms with van der Waals surface area (Å²) in [6, 6.07) is 2.21. The Labute approximate surface area is 98.4 Å². The van der Waals surface area contributed by atoms with Crippen molar-refractivity contribution in [3.05, 3.63) is 17.8 Å². The Morgan fingerprint density at radius 2 is 1.76 bits per heavy atom. The van der Waals surface area contributed by atoms with Gasteiger partial charge in [0.1, 0.15) is 5.82 Å². The maximum atomic E-state index is 12.2. The van der Waals surface area contributed by atoms with Crippen molar-refractivity contribution in [1.82, 2.24) is 10.2 Å². The predicted octanol–water partition coefficient (Wildman–Crippen LogP) is 3.34. The van der Waals surface area contributed by atoms with Crippen LogP contribution >= 0.6 is 0 Å². The molecule has 0 aliphatic heterocycles. The molecular weight excluding hydrogens is 231 g/mol. The van der Waals surface area contributed by atoms with Gasteiger partial charge in [0.05, 0.1) is 0 Å². The van der Waals surface area contributed by atoms with Crippen molar-refractivity contribution in [2.24, 2.45) is 5.41 Å². The van der Waals surface area contributed by atoms with Crippen molar-refractivity contribution in [3.8, 4) is 0 Å². The summed E-state index contributed by atoms with van der Waals surface area (Å²) in [5.74, 6) is 0.363. The Morgan fingerprint density at radius 3 is 2.18 bits per heavy atom. The van der Waals surface area contributed by atoms with Crippen LogP contribution in [0, 0.1) is 5.41 Å². The zero-order valence-corrected chi connectivity index (χ0v) is 10.1. The number of halogens is 3. The smallest absolute Gasteiger partial charge is 0.369 e. The highest BCUT2D eigenvalue weighted by atomic mass is 19.4. The lowest BCUT2D eigenvalue weighted by Gasteiger charge is -2.18. The molecule has 0 bridgehead atoms. The van der Waals surface area contributed by atoms with E-state index in [4.69, 9.17) is 0 Å². The number of rotatable bonds is 3. The van der Waals surface area contributed by atoms with Gasteiger partial charge in [-0.05, 0) is 24.0 Å². The summed E-state index contributed by atoms with van der Waals surface area (Å²) in [6.45, 7) is 6.93. The molecule has 0 aliphatic rings. The molecular formula is C11H16F3N3. The van der Waals surface area contributed by atoms with E-state index in [1.165, 1.54) is 6.07 Å². The monoisotopic (exact) mass is 247 g/mol. The fourth-order valence-corrected chi connectivity index (χ4v) is 1.14. The molecule has 0 aliphatic carbocycles. The van der Waals surface area contributed by atoms with Gasteiger partial charge in [-0.3, -0.25) is 0 Å². The molecule has 1 aromatic heterocycles. The van der Waals surface area contributed by atoms with Crippen molar-refractivity contribution >= 4 is 5.82 Å². The molecule has 17 heavy (non-hydrogen) atoms. The van der Waals surface area contributed by atoms with Crippen LogP contribution in [-0.2, 0) is 6.18 Å². The van der Waals surface area contributed by atoms with Gasteiger partial charge in [-0.2, -0.15) is 13.2 Å². The molecule has 6 heteroatoms. The van der Waals surface area contributed by atoms with Crippen LogP contribution < -0.4 is 5.32 Å². The summed E-state index contributed by atoms with van der Waals surface area (Å²) < 4.78 is 36.6. The van der Waals surface area contributed by atoms with Gasteiger partial charge in [0, 0.05) is 6.54 Å². The fraction of sp³-hybridized carbons (Fsp3) is 0.636. The van der Waals surface area contributed by atoms with Crippen molar-refractivity contribution in [2.45, 2.75) is 33.4 Å². The number of anilines is 1. The van der Waals surface area contributed by atoms with E-state index < -0.39 is 11.9 Å². The molecule has 3 nitrogen and oxygen atoms in total. The third-order valence-corrected chi connectivity index (χ3v) is 2.14. The highest BCUT2D eigenvalue weighted by Crippen LogP contribution is 2.27. The molecule has 0 aromatic carbocycles. The standard InChI is InChI=1S/C11H16F3N3/c1-10(2,3)6-7-15-9-5-4-8(16-17-9)11(12,13)14/h4-5H,6-7H2,1-3H3,(H,15,17). The number of hydrogen-bond acceptors (Lipinski definition) is 3. The molecule has 0 spiro atoms. The molecule has 1 N–H and O–H groups in total. The van der Waals surface area contributed by atoms with Crippen LogP contribution in [0.4, 0.5) is 19.0 Å². The highest BCUT2D eigenvalue weighted by molar-refractivity contribution is 5.33. The second kappa shape index (κ2) is 4.89. The first-order chi connectivity index (χ1) is 7.68. The van der Waals surface area contributed by atoms with Gasteiger partial charge in [-0.1, -0.05) is 20.8 Å². The third kappa shape index (κ3) is 5.01. The van der Waals surface area contributed by atoms with Crippen LogP contribution in [0.3, 0.4) is 0 Å². The van der Waals surface area contributed by atoms with E-state index in [0.29, 0.717) is 12.4 Å². The zero-order valence-electron chi connectivity index (χ0n) is 10.1. The van der Waals surface area contributed by atoms with E-state index in [-0.39, 0.29) is 5.41 Å². The summed E-state index contributed by atoms with van der Waals surface area (Å²) in [6.07, 6.45) is -3.54. The number of nitrogens with zero attached hydrogens (tertiary/aromatic N) is 2. The first-order valence-electron chi connectivity index (χ1n) is 5.33. The Kier molecular flexibility index (Phi) is 3.95. The van der Waals surface area contributed by atoms with Gasteiger partial charge in [0.2, 0.25) is 0 Å². The number of nitrogens with one attached hydrogen (secondary N) is 1. The van der Waals surface area contributed by atoms with Gasteiger partial charge in [-0.15, -0.1) is 10.2 Å². The summed E-state index contributed by atoms with van der Waals surface area (Å²) >= 11 is 0. The first kappa shape index (κ1) is 13.7.